The summed E-state index contributed by atoms with van der Waals surface area (Å²) in [4.78, 5) is 14.6. The van der Waals surface area contributed by atoms with E-state index in [1.54, 1.807) is 0 Å². The molecular formula is C12H22N2OS2. The second-order valence-electron chi connectivity index (χ2n) is 4.89. The Hall–Kier alpha value is 0.130. The average Bonchev–Trinajstić information content (AvgIpc) is 2.38. The van der Waals surface area contributed by atoms with E-state index in [1.807, 2.05) is 23.5 Å². The lowest BCUT2D eigenvalue weighted by Gasteiger charge is -2.41. The van der Waals surface area contributed by atoms with Crippen LogP contribution in [0.25, 0.3) is 0 Å². The van der Waals surface area contributed by atoms with Crippen molar-refractivity contribution in [2.75, 3.05) is 30.3 Å². The molecule has 2 fully saturated rings. The Bertz CT molecular complexity index is 269. The Kier molecular flexibility index (Phi) is 5.06. The first-order valence-corrected chi connectivity index (χ1v) is 8.64. The van der Waals surface area contributed by atoms with Crippen LogP contribution in [-0.2, 0) is 4.79 Å². The van der Waals surface area contributed by atoms with E-state index in [2.05, 4.69) is 11.8 Å². The van der Waals surface area contributed by atoms with Gasteiger partial charge in [-0.1, -0.05) is 6.92 Å². The number of amides is 1. The molecule has 0 aliphatic carbocycles. The summed E-state index contributed by atoms with van der Waals surface area (Å²) in [7, 11) is 0. The first-order chi connectivity index (χ1) is 8.24. The monoisotopic (exact) mass is 274 g/mol. The van der Waals surface area contributed by atoms with Crippen molar-refractivity contribution in [3.8, 4) is 0 Å². The molecule has 3 nitrogen and oxygen atoms in total. The van der Waals surface area contributed by atoms with Crippen LogP contribution in [-0.4, -0.2) is 52.4 Å². The predicted molar refractivity (Wildman–Crippen MR) is 76.5 cm³/mol. The standard InChI is InChI=1S/C12H22N2OS2/c1-9-3-2-4-14(10(9)7-13)12(15)11-8-16-5-6-17-11/h9-11H,2-8,13H2,1H3/t9-,10-,11+/m1/s1. The van der Waals surface area contributed by atoms with Crippen molar-refractivity contribution in [3.63, 3.8) is 0 Å². The van der Waals surface area contributed by atoms with Crippen molar-refractivity contribution in [3.05, 3.63) is 0 Å². The van der Waals surface area contributed by atoms with Crippen molar-refractivity contribution in [2.24, 2.45) is 11.7 Å². The van der Waals surface area contributed by atoms with Crippen molar-refractivity contribution in [1.82, 2.24) is 4.90 Å². The van der Waals surface area contributed by atoms with E-state index >= 15 is 0 Å². The van der Waals surface area contributed by atoms with E-state index in [4.69, 9.17) is 5.73 Å². The molecule has 98 valence electrons. The maximum atomic E-state index is 12.5. The summed E-state index contributed by atoms with van der Waals surface area (Å²) < 4.78 is 0. The largest absolute Gasteiger partial charge is 0.337 e. The quantitative estimate of drug-likeness (QED) is 0.827. The van der Waals surface area contributed by atoms with Crippen molar-refractivity contribution in [2.45, 2.75) is 31.1 Å². The van der Waals surface area contributed by atoms with Crippen molar-refractivity contribution < 1.29 is 4.79 Å². The smallest absolute Gasteiger partial charge is 0.236 e. The molecule has 2 rings (SSSR count). The molecule has 17 heavy (non-hydrogen) atoms. The molecule has 2 saturated heterocycles. The van der Waals surface area contributed by atoms with Gasteiger partial charge in [-0.2, -0.15) is 11.8 Å². The fourth-order valence-corrected chi connectivity index (χ4v) is 5.31. The zero-order valence-corrected chi connectivity index (χ0v) is 12.1. The molecule has 0 unspecified atom stereocenters. The molecule has 0 aromatic rings. The zero-order chi connectivity index (χ0) is 12.3. The van der Waals surface area contributed by atoms with E-state index in [0.29, 0.717) is 18.4 Å². The number of thioether (sulfide) groups is 2. The molecule has 0 spiro atoms. The summed E-state index contributed by atoms with van der Waals surface area (Å²) in [5.74, 6) is 4.16. The van der Waals surface area contributed by atoms with Crippen LogP contribution in [0.2, 0.25) is 0 Å². The van der Waals surface area contributed by atoms with Crippen LogP contribution in [0.4, 0.5) is 0 Å². The van der Waals surface area contributed by atoms with Crippen molar-refractivity contribution >= 4 is 29.4 Å². The number of hydrogen-bond acceptors (Lipinski definition) is 4. The summed E-state index contributed by atoms with van der Waals surface area (Å²) in [6, 6.07) is 0.267. The van der Waals surface area contributed by atoms with E-state index in [1.165, 1.54) is 12.2 Å². The average molecular weight is 274 g/mol. The van der Waals surface area contributed by atoms with E-state index < -0.39 is 0 Å². The topological polar surface area (TPSA) is 46.3 Å². The van der Waals surface area contributed by atoms with Gasteiger partial charge in [0.25, 0.3) is 0 Å². The molecule has 0 radical (unpaired) electrons. The highest BCUT2D eigenvalue weighted by Crippen LogP contribution is 2.29. The maximum absolute atomic E-state index is 12.5. The summed E-state index contributed by atoms with van der Waals surface area (Å²) >= 11 is 3.73. The molecule has 3 atom stereocenters. The van der Waals surface area contributed by atoms with Crippen LogP contribution in [0.3, 0.4) is 0 Å². The van der Waals surface area contributed by atoms with Crippen LogP contribution < -0.4 is 5.73 Å². The van der Waals surface area contributed by atoms with Gasteiger partial charge in [-0.25, -0.2) is 0 Å². The molecular weight excluding hydrogens is 252 g/mol. The first kappa shape index (κ1) is 13.6. The van der Waals surface area contributed by atoms with Gasteiger partial charge in [-0.15, -0.1) is 11.8 Å². The molecule has 2 N–H and O–H groups in total. The normalized spacial score (nSPS) is 34.7. The van der Waals surface area contributed by atoms with Crippen LogP contribution in [0.15, 0.2) is 0 Å². The van der Waals surface area contributed by atoms with E-state index in [0.717, 1.165) is 24.5 Å². The van der Waals surface area contributed by atoms with Crippen LogP contribution >= 0.6 is 23.5 Å². The summed E-state index contributed by atoms with van der Waals surface area (Å²) in [5.41, 5.74) is 5.85. The molecule has 0 saturated carbocycles. The number of carbonyl (C=O) groups excluding carboxylic acids is 1. The Morgan fingerprint density at radius 2 is 2.29 bits per heavy atom. The van der Waals surface area contributed by atoms with Gasteiger partial charge in [0.1, 0.15) is 0 Å². The van der Waals surface area contributed by atoms with Gasteiger partial charge in [-0.3, -0.25) is 4.79 Å². The summed E-state index contributed by atoms with van der Waals surface area (Å²) in [5, 5.41) is 0.174. The van der Waals surface area contributed by atoms with Crippen LogP contribution in [0.5, 0.6) is 0 Å². The first-order valence-electron chi connectivity index (χ1n) is 6.44. The van der Waals surface area contributed by atoms with Gasteiger partial charge in [-0.05, 0) is 18.8 Å². The highest BCUT2D eigenvalue weighted by molar-refractivity contribution is 8.07. The second kappa shape index (κ2) is 6.34. The third kappa shape index (κ3) is 3.12. The third-order valence-electron chi connectivity index (χ3n) is 3.73. The molecule has 0 aromatic heterocycles. The number of piperidine rings is 1. The molecule has 2 aliphatic heterocycles. The fraction of sp³-hybridized carbons (Fsp3) is 0.917. The van der Waals surface area contributed by atoms with Gasteiger partial charge in [0.15, 0.2) is 0 Å². The molecule has 0 bridgehead atoms. The number of rotatable bonds is 2. The fourth-order valence-electron chi connectivity index (χ4n) is 2.70. The maximum Gasteiger partial charge on any atom is 0.236 e. The second-order valence-corrected chi connectivity index (χ2v) is 7.35. The third-order valence-corrected chi connectivity index (χ3v) is 6.47. The number of nitrogens with zero attached hydrogens (tertiary/aromatic N) is 1. The number of likely N-dealkylation sites (tertiary alicyclic amines) is 1. The molecule has 1 amide bonds. The lowest BCUT2D eigenvalue weighted by Crippen LogP contribution is -2.54. The Morgan fingerprint density at radius 1 is 1.47 bits per heavy atom. The van der Waals surface area contributed by atoms with Gasteiger partial charge in [0.05, 0.1) is 5.25 Å². The van der Waals surface area contributed by atoms with Gasteiger partial charge >= 0.3 is 0 Å². The minimum atomic E-state index is 0.174. The van der Waals surface area contributed by atoms with Gasteiger partial charge < -0.3 is 10.6 Å². The highest BCUT2D eigenvalue weighted by Gasteiger charge is 2.35. The SMILES string of the molecule is C[C@@H]1CCCN(C(=O)[C@@H]2CSCCS2)[C@@H]1CN. The molecule has 2 aliphatic rings. The van der Waals surface area contributed by atoms with E-state index in [-0.39, 0.29) is 11.3 Å². The van der Waals surface area contributed by atoms with Crippen LogP contribution in [0.1, 0.15) is 19.8 Å². The van der Waals surface area contributed by atoms with Crippen molar-refractivity contribution in [1.29, 1.82) is 0 Å². The number of nitrogens with two attached hydrogens (primary N) is 1. The Balaban J connectivity index is 2.00. The summed E-state index contributed by atoms with van der Waals surface area (Å²) in [6.07, 6.45) is 2.34. The Labute approximate surface area is 112 Å². The zero-order valence-electron chi connectivity index (χ0n) is 10.4. The lowest BCUT2D eigenvalue weighted by molar-refractivity contribution is -0.135. The number of hydrogen-bond donors (Lipinski definition) is 1. The molecule has 5 heteroatoms. The number of carbonyl (C=O) groups is 1. The predicted octanol–water partition coefficient (Wildman–Crippen LogP) is 1.42. The highest BCUT2D eigenvalue weighted by atomic mass is 32.2. The minimum absolute atomic E-state index is 0.174. The Morgan fingerprint density at radius 3 is 2.94 bits per heavy atom. The van der Waals surface area contributed by atoms with E-state index in [9.17, 15) is 4.79 Å². The minimum Gasteiger partial charge on any atom is -0.337 e. The molecule has 2 heterocycles. The molecule has 0 aromatic carbocycles. The summed E-state index contributed by atoms with van der Waals surface area (Å²) in [6.45, 7) is 3.74. The lowest BCUT2D eigenvalue weighted by atomic mass is 9.90. The van der Waals surface area contributed by atoms with Gasteiger partial charge in [0.2, 0.25) is 5.91 Å². The van der Waals surface area contributed by atoms with Crippen LogP contribution in [0, 0.1) is 5.92 Å². The van der Waals surface area contributed by atoms with Gasteiger partial charge in [0, 0.05) is 36.4 Å².